The lowest BCUT2D eigenvalue weighted by Crippen LogP contribution is -2.42. The van der Waals surface area contributed by atoms with E-state index < -0.39 is 4.92 Å². The van der Waals surface area contributed by atoms with Crippen LogP contribution in [0.2, 0.25) is 0 Å². The van der Waals surface area contributed by atoms with Crippen molar-refractivity contribution in [2.45, 2.75) is 38.6 Å². The van der Waals surface area contributed by atoms with Gasteiger partial charge in [0, 0.05) is 19.6 Å². The summed E-state index contributed by atoms with van der Waals surface area (Å²) in [7, 11) is 3.05. The van der Waals surface area contributed by atoms with E-state index in [0.29, 0.717) is 18.1 Å². The molecule has 1 aromatic rings. The summed E-state index contributed by atoms with van der Waals surface area (Å²) < 4.78 is 6.26. The molecular formula is C13H20N4O4. The normalized spacial score (nSPS) is 18.6. The maximum absolute atomic E-state index is 11.6. The highest BCUT2D eigenvalue weighted by molar-refractivity contribution is 5.71. The highest BCUT2D eigenvalue weighted by Gasteiger charge is 2.34. The van der Waals surface area contributed by atoms with E-state index in [9.17, 15) is 14.9 Å². The second-order valence-corrected chi connectivity index (χ2v) is 5.26. The van der Waals surface area contributed by atoms with Crippen molar-refractivity contribution in [2.24, 2.45) is 7.05 Å². The van der Waals surface area contributed by atoms with Crippen molar-refractivity contribution in [1.82, 2.24) is 9.78 Å². The zero-order chi connectivity index (χ0) is 15.6. The summed E-state index contributed by atoms with van der Waals surface area (Å²) in [5, 5.41) is 15.5. The largest absolute Gasteiger partial charge is 0.469 e. The van der Waals surface area contributed by atoms with Crippen molar-refractivity contribution in [1.29, 1.82) is 0 Å². The minimum Gasteiger partial charge on any atom is -0.469 e. The molecule has 1 atom stereocenters. The van der Waals surface area contributed by atoms with E-state index in [1.165, 1.54) is 11.8 Å². The Morgan fingerprint density at radius 1 is 1.52 bits per heavy atom. The Morgan fingerprint density at radius 3 is 2.86 bits per heavy atom. The Hall–Kier alpha value is -2.12. The van der Waals surface area contributed by atoms with Crippen molar-refractivity contribution in [3.05, 3.63) is 15.8 Å². The molecule has 0 N–H and O–H groups in total. The quantitative estimate of drug-likeness (QED) is 0.476. The van der Waals surface area contributed by atoms with Crippen LogP contribution in [0.15, 0.2) is 0 Å². The number of carbonyl (C=O) groups is 1. The highest BCUT2D eigenvalue weighted by Crippen LogP contribution is 2.35. The third-order valence-electron chi connectivity index (χ3n) is 3.87. The fourth-order valence-corrected chi connectivity index (χ4v) is 2.94. The molecule has 0 spiro atoms. The molecule has 8 nitrogen and oxygen atoms in total. The lowest BCUT2D eigenvalue weighted by Gasteiger charge is -2.36. The van der Waals surface area contributed by atoms with Gasteiger partial charge in [-0.15, -0.1) is 0 Å². The third kappa shape index (κ3) is 2.98. The number of hydrogen-bond donors (Lipinski definition) is 0. The van der Waals surface area contributed by atoms with Gasteiger partial charge in [0.25, 0.3) is 0 Å². The van der Waals surface area contributed by atoms with Gasteiger partial charge >= 0.3 is 11.7 Å². The average molecular weight is 296 g/mol. The molecule has 1 fully saturated rings. The van der Waals surface area contributed by atoms with Crippen LogP contribution < -0.4 is 4.90 Å². The zero-order valence-electron chi connectivity index (χ0n) is 12.5. The highest BCUT2D eigenvalue weighted by atomic mass is 16.6. The van der Waals surface area contributed by atoms with E-state index in [1.807, 2.05) is 4.90 Å². The van der Waals surface area contributed by atoms with Gasteiger partial charge in [-0.2, -0.15) is 5.10 Å². The van der Waals surface area contributed by atoms with Crippen LogP contribution in [0, 0.1) is 17.0 Å². The van der Waals surface area contributed by atoms with E-state index in [1.54, 1.807) is 14.0 Å². The van der Waals surface area contributed by atoms with Crippen LogP contribution in [0.1, 0.15) is 31.4 Å². The van der Waals surface area contributed by atoms with Gasteiger partial charge in [-0.05, 0) is 26.2 Å². The Balaban J connectivity index is 2.37. The van der Waals surface area contributed by atoms with Crippen molar-refractivity contribution < 1.29 is 14.5 Å². The minimum atomic E-state index is -0.401. The second-order valence-electron chi connectivity index (χ2n) is 5.26. The summed E-state index contributed by atoms with van der Waals surface area (Å²) in [6.45, 7) is 2.31. The molecule has 0 amide bonds. The van der Waals surface area contributed by atoms with E-state index in [4.69, 9.17) is 4.74 Å². The maximum atomic E-state index is 11.6. The lowest BCUT2D eigenvalue weighted by molar-refractivity contribution is -0.384. The van der Waals surface area contributed by atoms with Crippen molar-refractivity contribution in [3.8, 4) is 0 Å². The number of anilines is 1. The summed E-state index contributed by atoms with van der Waals surface area (Å²) in [5.41, 5.74) is 0.411. The van der Waals surface area contributed by atoms with Crippen molar-refractivity contribution in [3.63, 3.8) is 0 Å². The topological polar surface area (TPSA) is 90.5 Å². The molecule has 21 heavy (non-hydrogen) atoms. The molecule has 1 aliphatic heterocycles. The Morgan fingerprint density at radius 2 is 2.24 bits per heavy atom. The van der Waals surface area contributed by atoms with Gasteiger partial charge in [0.05, 0.1) is 18.5 Å². The molecular weight excluding hydrogens is 276 g/mol. The number of carbonyl (C=O) groups excluding carboxylic acids is 1. The van der Waals surface area contributed by atoms with Gasteiger partial charge in [0.15, 0.2) is 0 Å². The molecule has 0 aliphatic carbocycles. The Labute approximate surface area is 122 Å². The van der Waals surface area contributed by atoms with E-state index in [0.717, 1.165) is 19.3 Å². The fourth-order valence-electron chi connectivity index (χ4n) is 2.94. The molecule has 1 aliphatic rings. The molecule has 0 aromatic carbocycles. The lowest BCUT2D eigenvalue weighted by atomic mass is 9.99. The number of rotatable bonds is 4. The van der Waals surface area contributed by atoms with Crippen LogP contribution in [0.3, 0.4) is 0 Å². The van der Waals surface area contributed by atoms with Crippen LogP contribution >= 0.6 is 0 Å². The predicted octanol–water partition coefficient (Wildman–Crippen LogP) is 1.56. The zero-order valence-corrected chi connectivity index (χ0v) is 12.5. The first kappa shape index (κ1) is 15.3. The monoisotopic (exact) mass is 296 g/mol. The molecule has 1 unspecified atom stereocenters. The Bertz CT molecular complexity index is 555. The van der Waals surface area contributed by atoms with Crippen LogP contribution in [-0.2, 0) is 16.6 Å². The van der Waals surface area contributed by atoms with Gasteiger partial charge in [-0.25, -0.2) is 4.68 Å². The van der Waals surface area contributed by atoms with Gasteiger partial charge < -0.3 is 9.64 Å². The summed E-state index contributed by atoms with van der Waals surface area (Å²) >= 11 is 0. The fraction of sp³-hybridized carbons (Fsp3) is 0.692. The SMILES string of the molecule is COC(=O)CC1CCCCN1c1c([N+](=O)[O-])c(C)nn1C. The number of aryl methyl sites for hydroxylation is 2. The first-order chi connectivity index (χ1) is 9.95. The molecule has 2 heterocycles. The Kier molecular flexibility index (Phi) is 4.44. The van der Waals surface area contributed by atoms with Gasteiger partial charge in [-0.3, -0.25) is 14.9 Å². The smallest absolute Gasteiger partial charge is 0.333 e. The number of hydrogen-bond acceptors (Lipinski definition) is 6. The number of nitrogens with zero attached hydrogens (tertiary/aromatic N) is 4. The van der Waals surface area contributed by atoms with Crippen LogP contribution in [0.5, 0.6) is 0 Å². The molecule has 1 saturated heterocycles. The van der Waals surface area contributed by atoms with E-state index in [2.05, 4.69) is 5.10 Å². The number of nitro groups is 1. The standard InChI is InChI=1S/C13H20N4O4/c1-9-12(17(19)20)13(15(2)14-9)16-7-5-4-6-10(16)8-11(18)21-3/h10H,4-8H2,1-3H3. The minimum absolute atomic E-state index is 0.0225. The average Bonchev–Trinajstić information content (AvgIpc) is 2.74. The van der Waals surface area contributed by atoms with Crippen LogP contribution in [0.4, 0.5) is 11.5 Å². The first-order valence-electron chi connectivity index (χ1n) is 6.97. The summed E-state index contributed by atoms with van der Waals surface area (Å²) in [6.07, 6.45) is 3.00. The molecule has 116 valence electrons. The molecule has 8 heteroatoms. The molecule has 2 rings (SSSR count). The third-order valence-corrected chi connectivity index (χ3v) is 3.87. The molecule has 0 radical (unpaired) electrons. The number of methoxy groups -OCH3 is 1. The number of aromatic nitrogens is 2. The van der Waals surface area contributed by atoms with E-state index >= 15 is 0 Å². The van der Waals surface area contributed by atoms with Gasteiger partial charge in [0.2, 0.25) is 5.82 Å². The molecule has 1 aromatic heterocycles. The number of esters is 1. The summed E-state index contributed by atoms with van der Waals surface area (Å²) in [4.78, 5) is 24.4. The summed E-state index contributed by atoms with van der Waals surface area (Å²) in [5.74, 6) is 0.180. The van der Waals surface area contributed by atoms with Crippen LogP contribution in [-0.4, -0.2) is 40.4 Å². The van der Waals surface area contributed by atoms with Crippen molar-refractivity contribution >= 4 is 17.5 Å². The van der Waals surface area contributed by atoms with Crippen LogP contribution in [0.25, 0.3) is 0 Å². The first-order valence-corrected chi connectivity index (χ1v) is 6.97. The molecule has 0 bridgehead atoms. The maximum Gasteiger partial charge on any atom is 0.333 e. The van der Waals surface area contributed by atoms with E-state index in [-0.39, 0.29) is 24.1 Å². The van der Waals surface area contributed by atoms with Gasteiger partial charge in [-0.1, -0.05) is 0 Å². The number of ether oxygens (including phenoxy) is 1. The predicted molar refractivity (Wildman–Crippen MR) is 76.2 cm³/mol. The second kappa shape index (κ2) is 6.11. The summed E-state index contributed by atoms with van der Waals surface area (Å²) in [6, 6.07) is -0.0836. The van der Waals surface area contributed by atoms with Gasteiger partial charge in [0.1, 0.15) is 5.69 Å². The number of piperidine rings is 1. The van der Waals surface area contributed by atoms with Crippen molar-refractivity contribution in [2.75, 3.05) is 18.6 Å². The molecule has 0 saturated carbocycles.